The molecule has 6 nitrogen and oxygen atoms in total. The van der Waals surface area contributed by atoms with Crippen LogP contribution < -0.4 is 0 Å². The first-order valence-electron chi connectivity index (χ1n) is 11.3. The first-order chi connectivity index (χ1) is 15.5. The molecule has 0 amide bonds. The van der Waals surface area contributed by atoms with Gasteiger partial charge in [0.05, 0.1) is 0 Å². The van der Waals surface area contributed by atoms with Crippen molar-refractivity contribution >= 4 is 11.9 Å². The molecule has 2 aromatic rings. The van der Waals surface area contributed by atoms with E-state index in [1.165, 1.54) is 24.0 Å². The average Bonchev–Trinajstić information content (AvgIpc) is 2.76. The zero-order chi connectivity index (χ0) is 23.6. The Kier molecular flexibility index (Phi) is 21.6. The second-order valence-electron chi connectivity index (χ2n) is 7.97. The number of aryl methyl sites for hydroxylation is 2. The fraction of sp³-hybridized carbons (Fsp3) is 0.444. The van der Waals surface area contributed by atoms with E-state index in [1.807, 2.05) is 60.7 Å². The molecule has 2 aromatic carbocycles. The van der Waals surface area contributed by atoms with Gasteiger partial charge in [-0.1, -0.05) is 85.3 Å². The molecule has 2 atom stereocenters. The topological polar surface area (TPSA) is 122 Å². The quantitative estimate of drug-likeness (QED) is 0.276. The molecule has 1 fully saturated rings. The summed E-state index contributed by atoms with van der Waals surface area (Å²) in [6.45, 7) is 1.09. The van der Waals surface area contributed by atoms with Gasteiger partial charge in [-0.15, -0.1) is 13.1 Å². The summed E-state index contributed by atoms with van der Waals surface area (Å²) in [5.41, 5.74) is 16.4. The van der Waals surface area contributed by atoms with Gasteiger partial charge in [-0.25, -0.2) is 0 Å². The van der Waals surface area contributed by atoms with E-state index in [4.69, 9.17) is 21.7 Å². The van der Waals surface area contributed by atoms with Gasteiger partial charge in [-0.05, 0) is 36.8 Å². The zero-order valence-corrected chi connectivity index (χ0v) is 22.3. The van der Waals surface area contributed by atoms with Crippen LogP contribution in [-0.2, 0) is 43.5 Å². The summed E-state index contributed by atoms with van der Waals surface area (Å²) >= 11 is 0. The number of carboxylic acid groups (broad SMARTS) is 2. The molecule has 1 aliphatic rings. The molecule has 1 saturated carbocycles. The van der Waals surface area contributed by atoms with E-state index in [0.29, 0.717) is 24.9 Å². The smallest absolute Gasteiger partial charge is 0.303 e. The number of carbonyl (C=O) groups is 2. The fourth-order valence-electron chi connectivity index (χ4n) is 3.35. The third-order valence-corrected chi connectivity index (χ3v) is 5.50. The zero-order valence-electron chi connectivity index (χ0n) is 20.0. The summed E-state index contributed by atoms with van der Waals surface area (Å²) in [6.07, 6.45) is 6.07. The van der Waals surface area contributed by atoms with E-state index in [2.05, 4.69) is 0 Å². The Morgan fingerprint density at radius 2 is 1.03 bits per heavy atom. The Hall–Kier alpha value is -2.01. The van der Waals surface area contributed by atoms with Crippen LogP contribution in [0.5, 0.6) is 0 Å². The van der Waals surface area contributed by atoms with Crippen LogP contribution in [-0.4, -0.2) is 35.2 Å². The van der Waals surface area contributed by atoms with Gasteiger partial charge in [-0.3, -0.25) is 9.59 Å². The van der Waals surface area contributed by atoms with E-state index >= 15 is 0 Å². The Morgan fingerprint density at radius 3 is 1.26 bits per heavy atom. The van der Waals surface area contributed by atoms with E-state index in [1.54, 1.807) is 0 Å². The molecule has 0 aliphatic heterocycles. The van der Waals surface area contributed by atoms with Crippen LogP contribution >= 0.6 is 0 Å². The minimum absolute atomic E-state index is 0. The summed E-state index contributed by atoms with van der Waals surface area (Å²) in [7, 11) is 0. The molecule has 2 unspecified atom stereocenters. The molecule has 7 heteroatoms. The van der Waals surface area contributed by atoms with Crippen LogP contribution in [0, 0.1) is 19.3 Å². The molecular formula is C27H39N2O4Pt-3. The van der Waals surface area contributed by atoms with Gasteiger partial charge >= 0.3 is 11.9 Å². The van der Waals surface area contributed by atoms with Crippen molar-refractivity contribution in [2.24, 2.45) is 11.8 Å². The first-order valence-corrected chi connectivity index (χ1v) is 11.3. The second kappa shape index (κ2) is 21.5. The molecule has 34 heavy (non-hydrogen) atoms. The van der Waals surface area contributed by atoms with Crippen molar-refractivity contribution in [2.45, 2.75) is 51.4 Å². The predicted octanol–water partition coefficient (Wildman–Crippen LogP) is 6.75. The van der Waals surface area contributed by atoms with Crippen molar-refractivity contribution < 1.29 is 40.9 Å². The second-order valence-corrected chi connectivity index (χ2v) is 7.97. The van der Waals surface area contributed by atoms with E-state index in [0.717, 1.165) is 25.7 Å². The van der Waals surface area contributed by atoms with Crippen molar-refractivity contribution in [1.29, 1.82) is 0 Å². The molecule has 4 N–H and O–H groups in total. The van der Waals surface area contributed by atoms with Gasteiger partial charge < -0.3 is 29.1 Å². The van der Waals surface area contributed by atoms with Crippen LogP contribution in [0.3, 0.4) is 0 Å². The summed E-state index contributed by atoms with van der Waals surface area (Å²) in [4.78, 5) is 20.4. The normalized spacial score (nSPS) is 15.5. The average molecular weight is 651 g/mol. The van der Waals surface area contributed by atoms with Crippen molar-refractivity contribution in [3.05, 3.63) is 90.7 Å². The maximum Gasteiger partial charge on any atom is 0.303 e. The van der Waals surface area contributed by atoms with E-state index in [-0.39, 0.29) is 41.3 Å². The monoisotopic (exact) mass is 650 g/mol. The van der Waals surface area contributed by atoms with Crippen LogP contribution in [0.1, 0.15) is 49.7 Å². The number of nitrogens with one attached hydrogen (secondary N) is 2. The van der Waals surface area contributed by atoms with E-state index in [9.17, 15) is 9.59 Å². The first kappa shape index (κ1) is 34.2. The van der Waals surface area contributed by atoms with Crippen LogP contribution in [0.4, 0.5) is 0 Å². The number of aliphatic carboxylic acids is 2. The van der Waals surface area contributed by atoms with Crippen molar-refractivity contribution in [3.63, 3.8) is 0 Å². The fourth-order valence-corrected chi connectivity index (χ4v) is 3.35. The molecule has 0 bridgehead atoms. The number of carboxylic acids is 2. The van der Waals surface area contributed by atoms with Gasteiger partial charge in [0.15, 0.2) is 0 Å². The number of hydrogen-bond donors (Lipinski definition) is 2. The molecule has 0 aromatic heterocycles. The summed E-state index contributed by atoms with van der Waals surface area (Å²) in [6, 6.07) is 19.9. The van der Waals surface area contributed by atoms with Gasteiger partial charge in [0.2, 0.25) is 0 Å². The molecule has 194 valence electrons. The Labute approximate surface area is 219 Å². The third kappa shape index (κ3) is 16.6. The predicted molar refractivity (Wildman–Crippen MR) is 135 cm³/mol. The molecular weight excluding hydrogens is 611 g/mol. The van der Waals surface area contributed by atoms with E-state index < -0.39 is 11.9 Å². The Bertz CT molecular complexity index is 690. The van der Waals surface area contributed by atoms with Crippen LogP contribution in [0.2, 0.25) is 0 Å². The molecule has 0 heterocycles. The van der Waals surface area contributed by atoms with Crippen molar-refractivity contribution in [3.8, 4) is 0 Å². The minimum Gasteiger partial charge on any atom is -0.677 e. The van der Waals surface area contributed by atoms with Crippen molar-refractivity contribution in [2.75, 3.05) is 13.1 Å². The third-order valence-electron chi connectivity index (χ3n) is 5.50. The summed E-state index contributed by atoms with van der Waals surface area (Å²) in [5.74, 6) is -0.281. The maximum atomic E-state index is 10.2. The molecule has 0 spiro atoms. The number of benzene rings is 2. The van der Waals surface area contributed by atoms with Gasteiger partial charge in [0.25, 0.3) is 0 Å². The van der Waals surface area contributed by atoms with Crippen LogP contribution in [0.25, 0.3) is 11.5 Å². The number of hydrogen-bond acceptors (Lipinski definition) is 2. The summed E-state index contributed by atoms with van der Waals surface area (Å²) < 4.78 is 0. The largest absolute Gasteiger partial charge is 0.677 e. The molecule has 3 rings (SSSR count). The standard InChI is InChI=1S/2C10H12O2.C6H12N2.CH3.Pt/c2*11-10(12)8-4-7-9-5-2-1-3-6-9;7-3-5-1-2-6(5)4-8;;/h2*1-3,5-6H,4,7-8H2,(H,11,12);5-8H,1-4H2;1H3;/q;;-2;-1;. The SMILES string of the molecule is O=C(O)CCCc1ccccc1.O=C(O)CCCc1ccccc1.[CH3-].[NH-]CC1CCC1C[NH-].[Pt]. The molecule has 0 radical (unpaired) electrons. The molecule has 1 aliphatic carbocycles. The van der Waals surface area contributed by atoms with Crippen LogP contribution in [0.15, 0.2) is 60.7 Å². The van der Waals surface area contributed by atoms with Gasteiger partial charge in [0.1, 0.15) is 0 Å². The van der Waals surface area contributed by atoms with Crippen molar-refractivity contribution in [1.82, 2.24) is 0 Å². The van der Waals surface area contributed by atoms with Gasteiger partial charge in [0, 0.05) is 33.9 Å². The minimum atomic E-state index is -0.717. The number of rotatable bonds is 10. The van der Waals surface area contributed by atoms with Gasteiger partial charge in [-0.2, -0.15) is 0 Å². The Morgan fingerprint density at radius 1 is 0.706 bits per heavy atom. The molecule has 0 saturated heterocycles. The Balaban J connectivity index is 0. The summed E-state index contributed by atoms with van der Waals surface area (Å²) in [5, 5.41) is 16.8. The maximum absolute atomic E-state index is 10.2.